The summed E-state index contributed by atoms with van der Waals surface area (Å²) in [5, 5.41) is 0. The van der Waals surface area contributed by atoms with Crippen molar-refractivity contribution in [3.63, 3.8) is 0 Å². The lowest BCUT2D eigenvalue weighted by atomic mass is 9.74. The summed E-state index contributed by atoms with van der Waals surface area (Å²) in [6, 6.07) is 7.22. The summed E-state index contributed by atoms with van der Waals surface area (Å²) in [6.07, 6.45) is -3.90. The molecule has 36 heavy (non-hydrogen) atoms. The molecule has 1 aromatic rings. The van der Waals surface area contributed by atoms with E-state index in [-0.39, 0.29) is 24.4 Å². The van der Waals surface area contributed by atoms with Crippen LogP contribution in [-0.2, 0) is 39.4 Å². The Kier molecular flexibility index (Phi) is 10.3. The second-order valence-corrected chi connectivity index (χ2v) is 9.63. The second kappa shape index (κ2) is 12.2. The van der Waals surface area contributed by atoms with Gasteiger partial charge in [-0.1, -0.05) is 65.1 Å². The topological polar surface area (TPSA) is 157 Å². The Bertz CT molecular complexity index is 951. The van der Waals surface area contributed by atoms with Gasteiger partial charge in [0.25, 0.3) is 0 Å². The van der Waals surface area contributed by atoms with Crippen molar-refractivity contribution in [1.82, 2.24) is 0 Å². The average Bonchev–Trinajstić information content (AvgIpc) is 2.78. The second-order valence-electron chi connectivity index (χ2n) is 9.63. The maximum Gasteiger partial charge on any atom is 0.404 e. The fourth-order valence-electron chi connectivity index (χ4n) is 3.30. The van der Waals surface area contributed by atoms with Crippen LogP contribution in [0.4, 0.5) is 9.59 Å². The maximum absolute atomic E-state index is 11.9. The van der Waals surface area contributed by atoms with Gasteiger partial charge in [0.1, 0.15) is 25.4 Å². The number of hydrogen-bond acceptors (Lipinski definition) is 8. The van der Waals surface area contributed by atoms with Crippen LogP contribution in [0.2, 0.25) is 0 Å². The van der Waals surface area contributed by atoms with E-state index in [1.54, 1.807) is 33.8 Å². The van der Waals surface area contributed by atoms with Crippen LogP contribution in [-0.4, -0.2) is 49.5 Å². The van der Waals surface area contributed by atoms with Gasteiger partial charge in [0.15, 0.2) is 0 Å². The van der Waals surface area contributed by atoms with Gasteiger partial charge in [0.2, 0.25) is 0 Å². The van der Waals surface area contributed by atoms with E-state index in [0.717, 1.165) is 0 Å². The number of hydrogen-bond donors (Lipinski definition) is 2. The molecular formula is C26H36N2O8. The summed E-state index contributed by atoms with van der Waals surface area (Å²) in [4.78, 5) is 47.0. The molecule has 0 saturated carbocycles. The number of primary amides is 2. The highest BCUT2D eigenvalue weighted by atomic mass is 16.6. The van der Waals surface area contributed by atoms with E-state index in [0.29, 0.717) is 11.1 Å². The van der Waals surface area contributed by atoms with Crippen molar-refractivity contribution >= 4 is 24.1 Å². The quantitative estimate of drug-likeness (QED) is 0.249. The summed E-state index contributed by atoms with van der Waals surface area (Å²) in [5.74, 6) is -1.26. The Labute approximate surface area is 211 Å². The zero-order valence-corrected chi connectivity index (χ0v) is 21.7. The molecule has 0 aliphatic heterocycles. The van der Waals surface area contributed by atoms with Crippen molar-refractivity contribution in [2.24, 2.45) is 11.5 Å². The first kappa shape index (κ1) is 30.2. The lowest BCUT2D eigenvalue weighted by molar-refractivity contribution is -0.143. The van der Waals surface area contributed by atoms with Crippen molar-refractivity contribution in [3.8, 4) is 0 Å². The number of nitrogens with two attached hydrogens (primary N) is 2. The van der Waals surface area contributed by atoms with Crippen LogP contribution in [0.5, 0.6) is 0 Å². The summed E-state index contributed by atoms with van der Waals surface area (Å²) in [6.45, 7) is 16.8. The third-order valence-corrected chi connectivity index (χ3v) is 5.91. The van der Waals surface area contributed by atoms with Gasteiger partial charge in [-0.15, -0.1) is 0 Å². The van der Waals surface area contributed by atoms with Gasteiger partial charge >= 0.3 is 24.1 Å². The van der Waals surface area contributed by atoms with Crippen LogP contribution < -0.4 is 11.5 Å². The molecule has 1 rings (SSSR count). The molecule has 0 heterocycles. The van der Waals surface area contributed by atoms with Gasteiger partial charge < -0.3 is 30.4 Å². The zero-order valence-electron chi connectivity index (χ0n) is 21.7. The molecule has 0 aliphatic carbocycles. The van der Waals surface area contributed by atoms with E-state index in [4.69, 9.17) is 30.4 Å². The van der Waals surface area contributed by atoms with Gasteiger partial charge in [-0.05, 0) is 25.0 Å². The summed E-state index contributed by atoms with van der Waals surface area (Å²) in [5.41, 5.74) is 10.6. The van der Waals surface area contributed by atoms with Crippen LogP contribution in [0.25, 0.3) is 0 Å². The number of ether oxygens (including phenoxy) is 4. The Balaban J connectivity index is 3.36. The monoisotopic (exact) mass is 504 g/mol. The molecule has 0 saturated heterocycles. The Morgan fingerprint density at radius 1 is 0.778 bits per heavy atom. The largest absolute Gasteiger partial charge is 0.458 e. The Morgan fingerprint density at radius 3 is 1.39 bits per heavy atom. The minimum atomic E-state index is -1.02. The van der Waals surface area contributed by atoms with Crippen molar-refractivity contribution in [2.45, 2.75) is 64.6 Å². The van der Waals surface area contributed by atoms with Crippen molar-refractivity contribution in [2.75, 3.05) is 13.2 Å². The first-order valence-electron chi connectivity index (χ1n) is 11.2. The Hall–Kier alpha value is -3.82. The number of esters is 2. The van der Waals surface area contributed by atoms with Gasteiger partial charge in [-0.25, -0.2) is 19.2 Å². The molecule has 0 fully saturated rings. The van der Waals surface area contributed by atoms with Crippen LogP contribution in [0.3, 0.4) is 0 Å². The minimum absolute atomic E-state index is 0.196. The molecule has 0 aliphatic rings. The van der Waals surface area contributed by atoms with Crippen LogP contribution in [0.15, 0.2) is 48.6 Å². The molecule has 0 radical (unpaired) electrons. The third kappa shape index (κ3) is 8.14. The SMILES string of the molecule is C=C(C)C(=O)OCC(OC(N)=O)C(C)(C)c1cccc(C(C)(C)C(COC(=O)C(=C)C)OC(N)=O)c1. The maximum atomic E-state index is 11.9. The predicted molar refractivity (Wildman–Crippen MR) is 133 cm³/mol. The summed E-state index contributed by atoms with van der Waals surface area (Å²) < 4.78 is 21.0. The fourth-order valence-corrected chi connectivity index (χ4v) is 3.30. The normalized spacial score (nSPS) is 13.1. The molecule has 198 valence electrons. The number of amides is 2. The molecule has 2 atom stereocenters. The molecule has 4 N–H and O–H groups in total. The van der Waals surface area contributed by atoms with Crippen LogP contribution in [0.1, 0.15) is 52.7 Å². The predicted octanol–water partition coefficient (Wildman–Crippen LogP) is 3.41. The fraction of sp³-hybridized carbons (Fsp3) is 0.462. The van der Waals surface area contributed by atoms with E-state index in [1.807, 2.05) is 18.2 Å². The highest BCUT2D eigenvalue weighted by Gasteiger charge is 2.39. The standard InChI is InChI=1S/C26H36N2O8/c1-15(2)21(29)33-13-19(35-23(27)31)25(5,6)17-10-9-11-18(12-17)26(7,8)20(36-24(28)32)14-34-22(30)16(3)4/h9-12,19-20H,1,3,13-14H2,2,4-8H3,(H2,27,31)(H2,28,32). The van der Waals surface area contributed by atoms with Gasteiger partial charge in [0, 0.05) is 22.0 Å². The molecule has 10 heteroatoms. The van der Waals surface area contributed by atoms with Gasteiger partial charge in [0.05, 0.1) is 0 Å². The lowest BCUT2D eigenvalue weighted by Crippen LogP contribution is -2.44. The van der Waals surface area contributed by atoms with Crippen LogP contribution >= 0.6 is 0 Å². The number of carbonyl (C=O) groups excluding carboxylic acids is 4. The number of carbonyl (C=O) groups is 4. The molecule has 0 spiro atoms. The van der Waals surface area contributed by atoms with Gasteiger partial charge in [-0.3, -0.25) is 0 Å². The molecule has 1 aromatic carbocycles. The van der Waals surface area contributed by atoms with E-state index in [2.05, 4.69) is 13.2 Å². The van der Waals surface area contributed by atoms with E-state index < -0.39 is 47.2 Å². The highest BCUT2D eigenvalue weighted by Crippen LogP contribution is 2.35. The van der Waals surface area contributed by atoms with Crippen molar-refractivity contribution in [1.29, 1.82) is 0 Å². The first-order chi connectivity index (χ1) is 16.5. The molecule has 0 aromatic heterocycles. The summed E-state index contributed by atoms with van der Waals surface area (Å²) in [7, 11) is 0. The van der Waals surface area contributed by atoms with Crippen LogP contribution in [0, 0.1) is 0 Å². The number of benzene rings is 1. The molecule has 2 unspecified atom stereocenters. The van der Waals surface area contributed by atoms with E-state index >= 15 is 0 Å². The molecule has 10 nitrogen and oxygen atoms in total. The van der Waals surface area contributed by atoms with E-state index in [1.165, 1.54) is 13.8 Å². The van der Waals surface area contributed by atoms with Crippen molar-refractivity contribution in [3.05, 3.63) is 59.7 Å². The minimum Gasteiger partial charge on any atom is -0.458 e. The first-order valence-corrected chi connectivity index (χ1v) is 11.2. The zero-order chi connectivity index (χ0) is 27.8. The lowest BCUT2D eigenvalue weighted by Gasteiger charge is -2.36. The van der Waals surface area contributed by atoms with Crippen molar-refractivity contribution < 1.29 is 38.1 Å². The molecule has 0 bridgehead atoms. The number of rotatable bonds is 12. The third-order valence-electron chi connectivity index (χ3n) is 5.91. The average molecular weight is 505 g/mol. The molecular weight excluding hydrogens is 468 g/mol. The Morgan fingerprint density at radius 2 is 1.11 bits per heavy atom. The highest BCUT2D eigenvalue weighted by molar-refractivity contribution is 5.87. The van der Waals surface area contributed by atoms with Gasteiger partial charge in [-0.2, -0.15) is 0 Å². The van der Waals surface area contributed by atoms with E-state index in [9.17, 15) is 19.2 Å². The smallest absolute Gasteiger partial charge is 0.404 e. The molecule has 2 amide bonds. The summed E-state index contributed by atoms with van der Waals surface area (Å²) >= 11 is 0.